The number of benzene rings is 1. The smallest absolute Gasteiger partial charge is 0.349 e. The number of aryl methyl sites for hydroxylation is 1. The highest BCUT2D eigenvalue weighted by Crippen LogP contribution is 2.25. The lowest BCUT2D eigenvalue weighted by atomic mass is 10.1. The third kappa shape index (κ3) is 6.74. The summed E-state index contributed by atoms with van der Waals surface area (Å²) in [6.07, 6.45) is 2.38. The first-order chi connectivity index (χ1) is 15.5. The predicted octanol–water partition coefficient (Wildman–Crippen LogP) is 4.29. The number of anilines is 1. The number of amides is 1. The van der Waals surface area contributed by atoms with Crippen LogP contribution >= 0.6 is 0 Å². The number of carbonyl (C=O) groups excluding carboxylic acids is 2. The molecule has 174 valence electrons. The summed E-state index contributed by atoms with van der Waals surface area (Å²) in [5, 5.41) is 22.6. The number of nitro groups is 1. The topological polar surface area (TPSA) is 127 Å². The number of rotatable bonds is 9. The van der Waals surface area contributed by atoms with Gasteiger partial charge in [0.25, 0.3) is 11.6 Å². The minimum atomic E-state index is -1.01. The molecule has 2 aromatic rings. The molecule has 0 fully saturated rings. The van der Waals surface area contributed by atoms with Crippen molar-refractivity contribution in [2.24, 2.45) is 5.92 Å². The summed E-state index contributed by atoms with van der Waals surface area (Å²) in [4.78, 5) is 34.5. The van der Waals surface area contributed by atoms with Gasteiger partial charge in [-0.3, -0.25) is 14.9 Å². The molecule has 0 saturated heterocycles. The maximum atomic E-state index is 13.2. The fraction of sp³-hybridized carbons (Fsp3) is 0.348. The number of halogens is 1. The van der Waals surface area contributed by atoms with Crippen LogP contribution in [0.3, 0.4) is 0 Å². The Hall–Kier alpha value is -4.00. The molecule has 0 aliphatic rings. The van der Waals surface area contributed by atoms with Crippen LogP contribution < -0.4 is 5.32 Å². The number of nitrogens with one attached hydrogen (secondary N) is 1. The number of hydrogen-bond donors (Lipinski definition) is 1. The van der Waals surface area contributed by atoms with Crippen molar-refractivity contribution in [1.29, 1.82) is 5.26 Å². The zero-order chi connectivity index (χ0) is 24.7. The van der Waals surface area contributed by atoms with Crippen LogP contribution in [0, 0.1) is 47.0 Å². The maximum absolute atomic E-state index is 13.2. The van der Waals surface area contributed by atoms with Crippen LogP contribution in [-0.2, 0) is 20.9 Å². The summed E-state index contributed by atoms with van der Waals surface area (Å²) in [5.41, 5.74) is 1.41. The summed E-state index contributed by atoms with van der Waals surface area (Å²) in [6, 6.07) is 6.28. The second kappa shape index (κ2) is 11.0. The van der Waals surface area contributed by atoms with E-state index in [9.17, 15) is 29.4 Å². The van der Waals surface area contributed by atoms with Gasteiger partial charge in [-0.15, -0.1) is 0 Å². The molecule has 0 atom stereocenters. The Morgan fingerprint density at radius 1 is 1.33 bits per heavy atom. The first-order valence-electron chi connectivity index (χ1n) is 10.2. The van der Waals surface area contributed by atoms with Crippen molar-refractivity contribution in [3.8, 4) is 6.07 Å². The minimum Gasteiger partial charge on any atom is -0.451 e. The average molecular weight is 456 g/mol. The Morgan fingerprint density at radius 2 is 2.03 bits per heavy atom. The van der Waals surface area contributed by atoms with Gasteiger partial charge in [0.15, 0.2) is 6.61 Å². The molecule has 0 bridgehead atoms. The lowest BCUT2D eigenvalue weighted by molar-refractivity contribution is -0.384. The number of carbonyl (C=O) groups is 2. The van der Waals surface area contributed by atoms with E-state index in [1.807, 2.05) is 19.9 Å². The Morgan fingerprint density at radius 3 is 2.64 bits per heavy atom. The zero-order valence-corrected chi connectivity index (χ0v) is 18.8. The van der Waals surface area contributed by atoms with Crippen molar-refractivity contribution in [3.63, 3.8) is 0 Å². The standard InChI is InChI=1S/C23H25FN4O5/c1-14(2)7-8-27-15(3)9-17(16(27)4)10-18(12-25)23(30)33-13-22(29)26-20-6-5-19(24)11-21(20)28(31)32/h5-6,9-11,14H,7-8,13H2,1-4H3,(H,26,29)/b18-10+. The Balaban J connectivity index is 2.08. The fourth-order valence-corrected chi connectivity index (χ4v) is 3.15. The molecule has 0 unspecified atom stereocenters. The Kier molecular flexibility index (Phi) is 8.45. The zero-order valence-electron chi connectivity index (χ0n) is 18.8. The minimum absolute atomic E-state index is 0.243. The Bertz CT molecular complexity index is 1140. The van der Waals surface area contributed by atoms with Gasteiger partial charge in [0, 0.05) is 17.9 Å². The van der Waals surface area contributed by atoms with Gasteiger partial charge in [-0.25, -0.2) is 9.18 Å². The van der Waals surface area contributed by atoms with Gasteiger partial charge in [0.05, 0.1) is 11.0 Å². The summed E-state index contributed by atoms with van der Waals surface area (Å²) >= 11 is 0. The van der Waals surface area contributed by atoms with Gasteiger partial charge in [-0.1, -0.05) is 13.8 Å². The molecule has 9 nitrogen and oxygen atoms in total. The first kappa shape index (κ1) is 25.3. The van der Waals surface area contributed by atoms with E-state index in [0.29, 0.717) is 17.5 Å². The summed E-state index contributed by atoms with van der Waals surface area (Å²) < 4.78 is 20.2. The quantitative estimate of drug-likeness (QED) is 0.197. The molecule has 1 amide bonds. The lowest BCUT2D eigenvalue weighted by Gasteiger charge is -2.11. The lowest BCUT2D eigenvalue weighted by Crippen LogP contribution is -2.22. The monoisotopic (exact) mass is 456 g/mol. The highest BCUT2D eigenvalue weighted by atomic mass is 19.1. The average Bonchev–Trinajstić information content (AvgIpc) is 3.02. The van der Waals surface area contributed by atoms with Gasteiger partial charge in [0.1, 0.15) is 23.1 Å². The van der Waals surface area contributed by atoms with E-state index in [-0.39, 0.29) is 11.3 Å². The molecule has 1 N–H and O–H groups in total. The molecule has 0 aliphatic heterocycles. The number of nitriles is 1. The summed E-state index contributed by atoms with van der Waals surface area (Å²) in [7, 11) is 0. The van der Waals surface area contributed by atoms with Crippen molar-refractivity contribution in [1.82, 2.24) is 4.57 Å². The third-order valence-corrected chi connectivity index (χ3v) is 4.95. The number of nitro benzene ring substituents is 1. The van der Waals surface area contributed by atoms with Crippen LogP contribution in [0.25, 0.3) is 6.08 Å². The van der Waals surface area contributed by atoms with Gasteiger partial charge in [0.2, 0.25) is 0 Å². The molecule has 2 rings (SSSR count). The second-order valence-corrected chi connectivity index (χ2v) is 7.87. The number of aromatic nitrogens is 1. The van der Waals surface area contributed by atoms with Crippen LogP contribution in [0.15, 0.2) is 29.8 Å². The van der Waals surface area contributed by atoms with E-state index in [0.717, 1.165) is 36.5 Å². The van der Waals surface area contributed by atoms with Crippen LogP contribution in [0.5, 0.6) is 0 Å². The van der Waals surface area contributed by atoms with Crippen molar-refractivity contribution < 1.29 is 23.6 Å². The summed E-state index contributed by atoms with van der Waals surface area (Å²) in [6.45, 7) is 8.12. The van der Waals surface area contributed by atoms with E-state index in [1.165, 1.54) is 6.08 Å². The number of ether oxygens (including phenoxy) is 1. The highest BCUT2D eigenvalue weighted by Gasteiger charge is 2.19. The number of esters is 1. The molecule has 1 aromatic carbocycles. The molecular formula is C23H25FN4O5. The number of nitrogens with zero attached hydrogens (tertiary/aromatic N) is 3. The summed E-state index contributed by atoms with van der Waals surface area (Å²) in [5.74, 6) is -2.19. The van der Waals surface area contributed by atoms with Crippen molar-refractivity contribution in [2.45, 2.75) is 40.7 Å². The van der Waals surface area contributed by atoms with Crippen molar-refractivity contribution in [2.75, 3.05) is 11.9 Å². The van der Waals surface area contributed by atoms with E-state index in [2.05, 4.69) is 23.7 Å². The van der Waals surface area contributed by atoms with E-state index >= 15 is 0 Å². The van der Waals surface area contributed by atoms with Gasteiger partial charge in [-0.2, -0.15) is 5.26 Å². The molecule has 0 aliphatic carbocycles. The molecule has 0 saturated carbocycles. The van der Waals surface area contributed by atoms with Gasteiger partial charge in [-0.05, 0) is 56.0 Å². The highest BCUT2D eigenvalue weighted by molar-refractivity contribution is 6.00. The maximum Gasteiger partial charge on any atom is 0.349 e. The first-order valence-corrected chi connectivity index (χ1v) is 10.2. The van der Waals surface area contributed by atoms with Crippen LogP contribution in [0.2, 0.25) is 0 Å². The SMILES string of the molecule is Cc1cc(/C=C(\C#N)C(=O)OCC(=O)Nc2ccc(F)cc2[N+](=O)[O-])c(C)n1CCC(C)C. The molecule has 0 radical (unpaired) electrons. The second-order valence-electron chi connectivity index (χ2n) is 7.87. The van der Waals surface area contributed by atoms with E-state index in [4.69, 9.17) is 4.74 Å². The third-order valence-electron chi connectivity index (χ3n) is 4.95. The normalized spacial score (nSPS) is 11.2. The van der Waals surface area contributed by atoms with Crippen LogP contribution in [0.4, 0.5) is 15.8 Å². The largest absolute Gasteiger partial charge is 0.451 e. The van der Waals surface area contributed by atoms with Crippen molar-refractivity contribution in [3.05, 3.63) is 62.7 Å². The molecular weight excluding hydrogens is 431 g/mol. The molecule has 10 heteroatoms. The van der Waals surface area contributed by atoms with Crippen LogP contribution in [0.1, 0.15) is 37.2 Å². The van der Waals surface area contributed by atoms with E-state index < -0.39 is 34.9 Å². The van der Waals surface area contributed by atoms with Gasteiger partial charge >= 0.3 is 5.97 Å². The van der Waals surface area contributed by atoms with Gasteiger partial charge < -0.3 is 14.6 Å². The van der Waals surface area contributed by atoms with E-state index in [1.54, 1.807) is 6.07 Å². The molecule has 1 aromatic heterocycles. The predicted molar refractivity (Wildman–Crippen MR) is 120 cm³/mol. The van der Waals surface area contributed by atoms with Crippen molar-refractivity contribution >= 4 is 29.3 Å². The molecule has 33 heavy (non-hydrogen) atoms. The molecule has 0 spiro atoms. The number of hydrogen-bond acceptors (Lipinski definition) is 6. The van der Waals surface area contributed by atoms with Crippen LogP contribution in [-0.4, -0.2) is 28.0 Å². The molecule has 1 heterocycles. The Labute approximate surface area is 190 Å². The fourth-order valence-electron chi connectivity index (χ4n) is 3.15.